The maximum atomic E-state index is 12.6. The van der Waals surface area contributed by atoms with E-state index in [1.54, 1.807) is 0 Å². The summed E-state index contributed by atoms with van der Waals surface area (Å²) in [4.78, 5) is 36.2. The third-order valence-corrected chi connectivity index (χ3v) is 6.75. The number of carbonyl (C=O) groups excluding carboxylic acids is 2. The van der Waals surface area contributed by atoms with Gasteiger partial charge in [0, 0.05) is 12.0 Å². The highest BCUT2D eigenvalue weighted by molar-refractivity contribution is 5.95. The van der Waals surface area contributed by atoms with Crippen LogP contribution in [0.1, 0.15) is 52.4 Å². The summed E-state index contributed by atoms with van der Waals surface area (Å²) < 4.78 is 10.5. The Hall–Kier alpha value is -4.14. The molecule has 180 valence electrons. The van der Waals surface area contributed by atoms with Crippen molar-refractivity contribution in [3.8, 4) is 11.1 Å². The summed E-state index contributed by atoms with van der Waals surface area (Å²) in [5.41, 5.74) is 4.99. The van der Waals surface area contributed by atoms with E-state index >= 15 is 0 Å². The third kappa shape index (κ3) is 4.62. The van der Waals surface area contributed by atoms with Crippen molar-refractivity contribution in [1.29, 1.82) is 0 Å². The molecule has 2 aliphatic carbocycles. The Bertz CT molecular complexity index is 1220. The molecule has 2 aliphatic rings. The van der Waals surface area contributed by atoms with Crippen LogP contribution in [-0.2, 0) is 16.1 Å². The van der Waals surface area contributed by atoms with Crippen LogP contribution in [0.5, 0.6) is 0 Å². The number of fused-ring (bicyclic) bond motifs is 3. The van der Waals surface area contributed by atoms with Gasteiger partial charge in [0.15, 0.2) is 0 Å². The molecule has 3 N–H and O–H groups in total. The predicted octanol–water partition coefficient (Wildman–Crippen LogP) is 3.70. The molecular formula is C26H25N3O6. The quantitative estimate of drug-likeness (QED) is 0.475. The Morgan fingerprint density at radius 1 is 1.03 bits per heavy atom. The molecule has 1 aromatic heterocycles. The number of nitrogens with one attached hydrogen (secondary N) is 2. The number of aliphatic carboxylic acids is 1. The molecule has 0 spiro atoms. The van der Waals surface area contributed by atoms with Crippen molar-refractivity contribution in [2.24, 2.45) is 5.92 Å². The molecule has 1 fully saturated rings. The number of carboxylic acid groups (broad SMARTS) is 1. The summed E-state index contributed by atoms with van der Waals surface area (Å²) in [5.74, 6) is -1.76. The normalized spacial score (nSPS) is 18.5. The number of benzene rings is 2. The van der Waals surface area contributed by atoms with Gasteiger partial charge in [-0.15, -0.1) is 0 Å². The summed E-state index contributed by atoms with van der Waals surface area (Å²) in [6, 6.07) is 15.9. The lowest BCUT2D eigenvalue weighted by atomic mass is 9.98. The fourth-order valence-corrected chi connectivity index (χ4v) is 4.98. The number of aromatic nitrogens is 1. The van der Waals surface area contributed by atoms with E-state index in [4.69, 9.17) is 14.4 Å². The molecule has 0 unspecified atom stereocenters. The molecule has 9 nitrogen and oxygen atoms in total. The molecule has 2 atom stereocenters. The second kappa shape index (κ2) is 9.61. The second-order valence-electron chi connectivity index (χ2n) is 8.87. The topological polar surface area (TPSA) is 131 Å². The summed E-state index contributed by atoms with van der Waals surface area (Å²) in [6.45, 7) is 0.136. The number of nitrogens with zero attached hydrogens (tertiary/aromatic N) is 1. The Morgan fingerprint density at radius 3 is 2.37 bits per heavy atom. The van der Waals surface area contributed by atoms with Crippen LogP contribution in [0, 0.1) is 5.92 Å². The molecule has 0 bridgehead atoms. The van der Waals surface area contributed by atoms with Gasteiger partial charge in [-0.05, 0) is 41.5 Å². The second-order valence-corrected chi connectivity index (χ2v) is 8.87. The average Bonchev–Trinajstić information content (AvgIpc) is 3.59. The van der Waals surface area contributed by atoms with Crippen LogP contribution in [0.3, 0.4) is 0 Å². The first-order valence-electron chi connectivity index (χ1n) is 11.6. The molecule has 5 rings (SSSR count). The number of rotatable bonds is 7. The van der Waals surface area contributed by atoms with Crippen LogP contribution in [0.4, 0.5) is 4.79 Å². The number of amides is 2. The molecule has 0 aliphatic heterocycles. The van der Waals surface area contributed by atoms with Gasteiger partial charge >= 0.3 is 12.1 Å². The van der Waals surface area contributed by atoms with Gasteiger partial charge in [-0.1, -0.05) is 53.7 Å². The minimum atomic E-state index is -0.847. The maximum Gasteiger partial charge on any atom is 0.407 e. The maximum absolute atomic E-state index is 12.6. The lowest BCUT2D eigenvalue weighted by Gasteiger charge is -2.14. The predicted molar refractivity (Wildman–Crippen MR) is 125 cm³/mol. The summed E-state index contributed by atoms with van der Waals surface area (Å²) in [7, 11) is 0. The van der Waals surface area contributed by atoms with E-state index in [1.807, 2.05) is 36.4 Å². The molecule has 3 aromatic rings. The molecule has 2 amide bonds. The van der Waals surface area contributed by atoms with Gasteiger partial charge < -0.3 is 25.0 Å². The van der Waals surface area contributed by atoms with E-state index in [0.29, 0.717) is 19.3 Å². The number of hydrogen-bond acceptors (Lipinski definition) is 6. The molecule has 1 heterocycles. The Labute approximate surface area is 201 Å². The number of ether oxygens (including phenoxy) is 1. The van der Waals surface area contributed by atoms with E-state index in [0.717, 1.165) is 22.3 Å². The van der Waals surface area contributed by atoms with Crippen molar-refractivity contribution >= 4 is 18.0 Å². The standard InChI is InChI=1S/C26H25N3O6/c30-24(28-16-10-9-15(11-16)25(31)32)22-14-35-29-23(22)12-27-26(33)34-13-21-19-7-3-1-5-17(19)18-6-2-4-8-20(18)21/h1-8,14-16,21H,9-13H2,(H,27,33)(H,28,30)(H,31,32)/t15-,16+/m1/s1. The van der Waals surface area contributed by atoms with Crippen LogP contribution in [0.15, 0.2) is 59.3 Å². The average molecular weight is 476 g/mol. The van der Waals surface area contributed by atoms with Gasteiger partial charge in [-0.25, -0.2) is 4.79 Å². The van der Waals surface area contributed by atoms with Crippen LogP contribution in [-0.4, -0.2) is 40.9 Å². The summed E-state index contributed by atoms with van der Waals surface area (Å²) >= 11 is 0. The molecule has 35 heavy (non-hydrogen) atoms. The van der Waals surface area contributed by atoms with E-state index in [-0.39, 0.29) is 36.4 Å². The van der Waals surface area contributed by atoms with Gasteiger partial charge in [-0.3, -0.25) is 9.59 Å². The van der Waals surface area contributed by atoms with Crippen molar-refractivity contribution in [1.82, 2.24) is 15.8 Å². The molecule has 9 heteroatoms. The third-order valence-electron chi connectivity index (χ3n) is 6.75. The first-order valence-corrected chi connectivity index (χ1v) is 11.6. The van der Waals surface area contributed by atoms with E-state index in [2.05, 4.69) is 27.9 Å². The van der Waals surface area contributed by atoms with Crippen LogP contribution in [0.25, 0.3) is 11.1 Å². The Kier molecular flexibility index (Phi) is 6.22. The van der Waals surface area contributed by atoms with Crippen molar-refractivity contribution in [2.75, 3.05) is 6.61 Å². The fraction of sp³-hybridized carbons (Fsp3) is 0.308. The van der Waals surface area contributed by atoms with E-state index < -0.39 is 23.9 Å². The highest BCUT2D eigenvalue weighted by Crippen LogP contribution is 2.44. The van der Waals surface area contributed by atoms with Crippen molar-refractivity contribution in [2.45, 2.75) is 37.8 Å². The Morgan fingerprint density at radius 2 is 1.71 bits per heavy atom. The van der Waals surface area contributed by atoms with Crippen LogP contribution in [0.2, 0.25) is 0 Å². The molecule has 0 radical (unpaired) electrons. The van der Waals surface area contributed by atoms with E-state index in [1.165, 1.54) is 6.26 Å². The summed E-state index contributed by atoms with van der Waals surface area (Å²) in [5, 5.41) is 18.4. The van der Waals surface area contributed by atoms with Gasteiger partial charge in [0.25, 0.3) is 5.91 Å². The zero-order chi connectivity index (χ0) is 24.4. The monoisotopic (exact) mass is 475 g/mol. The van der Waals surface area contributed by atoms with Gasteiger partial charge in [-0.2, -0.15) is 0 Å². The number of hydrogen-bond donors (Lipinski definition) is 3. The molecule has 1 saturated carbocycles. The van der Waals surface area contributed by atoms with Crippen molar-refractivity contribution in [3.05, 3.63) is 77.2 Å². The molecule has 2 aromatic carbocycles. The largest absolute Gasteiger partial charge is 0.481 e. The molecule has 0 saturated heterocycles. The summed E-state index contributed by atoms with van der Waals surface area (Å²) in [6.07, 6.45) is 2.11. The highest BCUT2D eigenvalue weighted by Gasteiger charge is 2.32. The lowest BCUT2D eigenvalue weighted by molar-refractivity contribution is -0.141. The van der Waals surface area contributed by atoms with E-state index in [9.17, 15) is 14.4 Å². The first-order chi connectivity index (χ1) is 17.0. The smallest absolute Gasteiger partial charge is 0.407 e. The fourth-order valence-electron chi connectivity index (χ4n) is 4.98. The zero-order valence-electron chi connectivity index (χ0n) is 18.9. The zero-order valence-corrected chi connectivity index (χ0v) is 18.9. The number of alkyl carbamates (subject to hydrolysis) is 1. The number of carboxylic acids is 1. The minimum absolute atomic E-state index is 0.0433. The molecular weight excluding hydrogens is 450 g/mol. The van der Waals surface area contributed by atoms with Crippen molar-refractivity contribution in [3.63, 3.8) is 0 Å². The van der Waals surface area contributed by atoms with Crippen LogP contribution >= 0.6 is 0 Å². The van der Waals surface area contributed by atoms with Crippen LogP contribution < -0.4 is 10.6 Å². The van der Waals surface area contributed by atoms with Crippen molar-refractivity contribution < 1.29 is 28.8 Å². The van der Waals surface area contributed by atoms with Gasteiger partial charge in [0.2, 0.25) is 0 Å². The SMILES string of the molecule is O=C(NCc1nocc1C(=O)N[C@H]1CC[C@@H](C(=O)O)C1)OCC1c2ccccc2-c2ccccc21. The minimum Gasteiger partial charge on any atom is -0.481 e. The Balaban J connectivity index is 1.16. The first kappa shape index (κ1) is 22.6. The highest BCUT2D eigenvalue weighted by atomic mass is 16.5. The van der Waals surface area contributed by atoms with Gasteiger partial charge in [0.05, 0.1) is 12.5 Å². The number of carbonyl (C=O) groups is 3. The lowest BCUT2D eigenvalue weighted by Crippen LogP contribution is -2.34. The van der Waals surface area contributed by atoms with Gasteiger partial charge in [0.1, 0.15) is 24.1 Å².